The Bertz CT molecular complexity index is 673. The first-order valence-corrected chi connectivity index (χ1v) is 9.77. The van der Waals surface area contributed by atoms with Gasteiger partial charge in [0.25, 0.3) is 5.91 Å². The summed E-state index contributed by atoms with van der Waals surface area (Å²) in [6, 6.07) is 0.492. The van der Waals surface area contributed by atoms with Gasteiger partial charge >= 0.3 is 0 Å². The molecule has 0 spiro atoms. The summed E-state index contributed by atoms with van der Waals surface area (Å²) in [5.41, 5.74) is 6.02. The molecule has 0 radical (unpaired) electrons. The average molecular weight is 329 g/mol. The van der Waals surface area contributed by atoms with Crippen molar-refractivity contribution in [3.63, 3.8) is 0 Å². The van der Waals surface area contributed by atoms with E-state index in [1.165, 1.54) is 0 Å². The van der Waals surface area contributed by atoms with Crippen LogP contribution in [0.2, 0.25) is 0 Å². The minimum Gasteiger partial charge on any atom is -0.396 e. The van der Waals surface area contributed by atoms with Gasteiger partial charge in [0.15, 0.2) is 9.84 Å². The van der Waals surface area contributed by atoms with E-state index in [0.717, 1.165) is 49.7 Å². The fourth-order valence-electron chi connectivity index (χ4n) is 2.28. The summed E-state index contributed by atoms with van der Waals surface area (Å²) in [5.74, 6) is -0.272. The van der Waals surface area contributed by atoms with Crippen LogP contribution in [0.5, 0.6) is 0 Å². The zero-order chi connectivity index (χ0) is 15.2. The monoisotopic (exact) mass is 329 g/mol. The van der Waals surface area contributed by atoms with Crippen LogP contribution in [0.25, 0.3) is 0 Å². The van der Waals surface area contributed by atoms with E-state index in [0.29, 0.717) is 9.88 Å². The van der Waals surface area contributed by atoms with Crippen molar-refractivity contribution >= 4 is 37.8 Å². The molecule has 0 unspecified atom stereocenters. The number of hydrogen-bond donors (Lipinski definition) is 3. The minimum absolute atomic E-state index is 0.0698. The predicted octanol–water partition coefficient (Wildman–Crippen LogP) is 1.59. The third-order valence-corrected chi connectivity index (χ3v) is 6.26. The molecular formula is C13H19N3O3S2. The lowest BCUT2D eigenvalue weighted by Gasteiger charge is -2.27. The van der Waals surface area contributed by atoms with Gasteiger partial charge in [0.2, 0.25) is 0 Å². The molecule has 2 fully saturated rings. The molecule has 1 aromatic heterocycles. The third-order valence-electron chi connectivity index (χ3n) is 3.83. The van der Waals surface area contributed by atoms with Gasteiger partial charge in [-0.25, -0.2) is 8.42 Å². The average Bonchev–Trinajstić information content (AvgIpc) is 3.04. The van der Waals surface area contributed by atoms with Crippen molar-refractivity contribution in [2.45, 2.75) is 49.1 Å². The Morgan fingerprint density at radius 1 is 1.24 bits per heavy atom. The number of hydrogen-bond acceptors (Lipinski definition) is 6. The molecule has 0 aliphatic heterocycles. The quantitative estimate of drug-likeness (QED) is 0.761. The van der Waals surface area contributed by atoms with Crippen molar-refractivity contribution in [2.75, 3.05) is 17.3 Å². The topological polar surface area (TPSA) is 101 Å². The van der Waals surface area contributed by atoms with Gasteiger partial charge in [-0.15, -0.1) is 11.3 Å². The lowest BCUT2D eigenvalue weighted by atomic mass is 9.93. The van der Waals surface area contributed by atoms with Crippen molar-refractivity contribution in [2.24, 2.45) is 0 Å². The molecule has 2 saturated carbocycles. The molecule has 3 rings (SSSR count). The lowest BCUT2D eigenvalue weighted by Crippen LogP contribution is -2.27. The number of carbonyl (C=O) groups is 1. The number of carbonyl (C=O) groups excluding carboxylic acids is 1. The van der Waals surface area contributed by atoms with Crippen LogP contribution in [-0.4, -0.2) is 32.7 Å². The van der Waals surface area contributed by atoms with Gasteiger partial charge in [0, 0.05) is 18.3 Å². The highest BCUT2D eigenvalue weighted by atomic mass is 32.2. The van der Waals surface area contributed by atoms with Gasteiger partial charge in [-0.05, 0) is 32.1 Å². The third kappa shape index (κ3) is 3.01. The van der Waals surface area contributed by atoms with Gasteiger partial charge < -0.3 is 16.4 Å². The van der Waals surface area contributed by atoms with Gasteiger partial charge in [-0.3, -0.25) is 4.79 Å². The van der Waals surface area contributed by atoms with E-state index in [1.807, 2.05) is 0 Å². The second-order valence-corrected chi connectivity index (χ2v) is 8.77. The largest absolute Gasteiger partial charge is 0.396 e. The second-order valence-electron chi connectivity index (χ2n) is 5.80. The molecule has 6 nitrogen and oxygen atoms in total. The first-order valence-electron chi connectivity index (χ1n) is 7.06. The molecule has 0 atom stereocenters. The van der Waals surface area contributed by atoms with Crippen LogP contribution in [0.15, 0.2) is 4.90 Å². The van der Waals surface area contributed by atoms with Crippen molar-refractivity contribution in [3.8, 4) is 0 Å². The number of rotatable bonds is 5. The maximum atomic E-state index is 12.2. The number of amides is 1. The molecular weight excluding hydrogens is 310 g/mol. The van der Waals surface area contributed by atoms with Gasteiger partial charge in [-0.2, -0.15) is 0 Å². The maximum Gasteiger partial charge on any atom is 0.263 e. The summed E-state index contributed by atoms with van der Waals surface area (Å²) in [4.78, 5) is 12.5. The number of nitrogen functional groups attached to an aromatic ring is 1. The number of nitrogens with two attached hydrogens (primary N) is 1. The fraction of sp³-hybridized carbons (Fsp3) is 0.615. The summed E-state index contributed by atoms with van der Waals surface area (Å²) < 4.78 is 24.0. The van der Waals surface area contributed by atoms with Crippen LogP contribution in [0, 0.1) is 0 Å². The number of thiophene rings is 1. The zero-order valence-corrected chi connectivity index (χ0v) is 13.4. The van der Waals surface area contributed by atoms with Crippen molar-refractivity contribution in [1.82, 2.24) is 5.32 Å². The first kappa shape index (κ1) is 14.6. The molecule has 2 aliphatic carbocycles. The van der Waals surface area contributed by atoms with Crippen LogP contribution in [-0.2, 0) is 9.84 Å². The highest BCUT2D eigenvalue weighted by molar-refractivity contribution is 7.91. The maximum absolute atomic E-state index is 12.2. The summed E-state index contributed by atoms with van der Waals surface area (Å²) >= 11 is 1.14. The Kier molecular flexibility index (Phi) is 3.61. The van der Waals surface area contributed by atoms with Crippen LogP contribution < -0.4 is 16.4 Å². The Morgan fingerprint density at radius 3 is 2.38 bits per heavy atom. The molecule has 1 heterocycles. The second kappa shape index (κ2) is 5.17. The normalized spacial score (nSPS) is 19.1. The molecule has 1 amide bonds. The molecule has 1 aromatic rings. The predicted molar refractivity (Wildman–Crippen MR) is 83.6 cm³/mol. The Hall–Kier alpha value is -1.28. The van der Waals surface area contributed by atoms with Crippen molar-refractivity contribution < 1.29 is 13.2 Å². The SMILES string of the molecule is CS(=O)(=O)c1c(NC2CCC2)sc(C(=O)NC2CC2)c1N. The van der Waals surface area contributed by atoms with Crippen LogP contribution in [0.4, 0.5) is 10.7 Å². The minimum atomic E-state index is -3.48. The van der Waals surface area contributed by atoms with E-state index in [9.17, 15) is 13.2 Å². The Balaban J connectivity index is 1.94. The molecule has 8 heteroatoms. The first-order chi connectivity index (χ1) is 9.86. The van der Waals surface area contributed by atoms with Gasteiger partial charge in [0.1, 0.15) is 14.8 Å². The summed E-state index contributed by atoms with van der Waals surface area (Å²) in [6.07, 6.45) is 6.25. The summed E-state index contributed by atoms with van der Waals surface area (Å²) in [6.45, 7) is 0. The van der Waals surface area contributed by atoms with E-state index < -0.39 is 9.84 Å². The molecule has 0 saturated heterocycles. The highest BCUT2D eigenvalue weighted by Gasteiger charge is 2.31. The molecule has 4 N–H and O–H groups in total. The van der Waals surface area contributed by atoms with Gasteiger partial charge in [0.05, 0.1) is 5.69 Å². The van der Waals surface area contributed by atoms with Crippen LogP contribution in [0.3, 0.4) is 0 Å². The molecule has 21 heavy (non-hydrogen) atoms. The molecule has 2 aliphatic rings. The fourth-order valence-corrected chi connectivity index (χ4v) is 4.81. The van der Waals surface area contributed by atoms with Gasteiger partial charge in [-0.1, -0.05) is 0 Å². The number of anilines is 2. The number of nitrogens with one attached hydrogen (secondary N) is 2. The number of sulfone groups is 1. The van der Waals surface area contributed by atoms with E-state index in [2.05, 4.69) is 10.6 Å². The molecule has 0 aromatic carbocycles. The molecule has 116 valence electrons. The van der Waals surface area contributed by atoms with Crippen LogP contribution >= 0.6 is 11.3 Å². The Morgan fingerprint density at radius 2 is 1.90 bits per heavy atom. The lowest BCUT2D eigenvalue weighted by molar-refractivity contribution is 0.0956. The summed E-state index contributed by atoms with van der Waals surface area (Å²) in [5, 5.41) is 6.57. The zero-order valence-electron chi connectivity index (χ0n) is 11.8. The summed E-state index contributed by atoms with van der Waals surface area (Å²) in [7, 11) is -3.48. The standard InChI is InChI=1S/C13H19N3O3S2/c1-21(18,19)11-9(14)10(12(17)15-8-5-6-8)20-13(11)16-7-3-2-4-7/h7-8,16H,2-6,14H2,1H3,(H,15,17). The molecule has 0 bridgehead atoms. The van der Waals surface area contributed by atoms with Crippen LogP contribution in [0.1, 0.15) is 41.8 Å². The van der Waals surface area contributed by atoms with E-state index in [4.69, 9.17) is 5.73 Å². The van der Waals surface area contributed by atoms with E-state index in [1.54, 1.807) is 0 Å². The van der Waals surface area contributed by atoms with Crippen molar-refractivity contribution in [3.05, 3.63) is 4.88 Å². The van der Waals surface area contributed by atoms with Crippen molar-refractivity contribution in [1.29, 1.82) is 0 Å². The highest BCUT2D eigenvalue weighted by Crippen LogP contribution is 2.41. The Labute approximate surface area is 128 Å². The smallest absolute Gasteiger partial charge is 0.263 e. The van der Waals surface area contributed by atoms with E-state index in [-0.39, 0.29) is 28.6 Å². The van der Waals surface area contributed by atoms with E-state index >= 15 is 0 Å².